The second kappa shape index (κ2) is 7.51. The fourth-order valence-electron chi connectivity index (χ4n) is 4.10. The maximum atomic E-state index is 13.0. The molecule has 0 aromatic heterocycles. The molecule has 0 saturated heterocycles. The third-order valence-electron chi connectivity index (χ3n) is 5.54. The SMILES string of the molecule is CC(C)CC1CC(=O)Oc2ccc3c(c21)OC(=Cc1ccc(C(C)C)cc1)C3=O. The first kappa shape index (κ1) is 19.4. The van der Waals surface area contributed by atoms with Gasteiger partial charge in [-0.3, -0.25) is 9.59 Å². The summed E-state index contributed by atoms with van der Waals surface area (Å²) in [4.78, 5) is 25.0. The number of ketones is 1. The topological polar surface area (TPSA) is 52.6 Å². The minimum atomic E-state index is -0.228. The van der Waals surface area contributed by atoms with E-state index in [0.29, 0.717) is 41.1 Å². The lowest BCUT2D eigenvalue weighted by Gasteiger charge is -2.27. The van der Waals surface area contributed by atoms with Crippen molar-refractivity contribution in [2.75, 3.05) is 0 Å². The van der Waals surface area contributed by atoms with E-state index >= 15 is 0 Å². The van der Waals surface area contributed by atoms with Crippen molar-refractivity contribution in [3.8, 4) is 11.5 Å². The maximum Gasteiger partial charge on any atom is 0.311 e. The predicted molar refractivity (Wildman–Crippen MR) is 112 cm³/mol. The molecule has 4 nitrogen and oxygen atoms in total. The molecule has 4 heteroatoms. The van der Waals surface area contributed by atoms with Gasteiger partial charge in [-0.1, -0.05) is 52.0 Å². The van der Waals surface area contributed by atoms with Gasteiger partial charge in [-0.25, -0.2) is 0 Å². The molecule has 2 aliphatic rings. The molecule has 2 heterocycles. The zero-order valence-electron chi connectivity index (χ0n) is 17.3. The zero-order valence-corrected chi connectivity index (χ0v) is 17.3. The fourth-order valence-corrected chi connectivity index (χ4v) is 4.10. The normalized spacial score (nSPS) is 19.4. The first-order chi connectivity index (χ1) is 13.8. The summed E-state index contributed by atoms with van der Waals surface area (Å²) in [5.74, 6) is 1.89. The van der Waals surface area contributed by atoms with Crippen LogP contribution in [0.15, 0.2) is 42.2 Å². The maximum absolute atomic E-state index is 13.0. The average molecular weight is 390 g/mol. The minimum absolute atomic E-state index is 0.00123. The molecule has 0 radical (unpaired) electrons. The van der Waals surface area contributed by atoms with Crippen LogP contribution in [0.2, 0.25) is 0 Å². The Bertz CT molecular complexity index is 996. The van der Waals surface area contributed by atoms with E-state index in [4.69, 9.17) is 9.47 Å². The minimum Gasteiger partial charge on any atom is -0.452 e. The molecule has 0 bridgehead atoms. The van der Waals surface area contributed by atoms with Crippen molar-refractivity contribution >= 4 is 17.8 Å². The number of esters is 1. The van der Waals surface area contributed by atoms with Gasteiger partial charge in [0.1, 0.15) is 11.5 Å². The Morgan fingerprint density at radius 2 is 1.72 bits per heavy atom. The van der Waals surface area contributed by atoms with Crippen LogP contribution in [-0.4, -0.2) is 11.8 Å². The van der Waals surface area contributed by atoms with E-state index in [2.05, 4.69) is 39.8 Å². The molecule has 0 amide bonds. The Morgan fingerprint density at radius 3 is 2.38 bits per heavy atom. The monoisotopic (exact) mass is 390 g/mol. The molecule has 4 rings (SSSR count). The number of allylic oxidation sites excluding steroid dienone is 1. The third kappa shape index (κ3) is 3.71. The molecular weight excluding hydrogens is 364 g/mol. The van der Waals surface area contributed by atoms with E-state index in [0.717, 1.165) is 17.5 Å². The highest BCUT2D eigenvalue weighted by molar-refractivity contribution is 6.15. The number of hydrogen-bond donors (Lipinski definition) is 0. The molecule has 0 fully saturated rings. The predicted octanol–water partition coefficient (Wildman–Crippen LogP) is 5.87. The number of carbonyl (C=O) groups excluding carboxylic acids is 2. The summed E-state index contributed by atoms with van der Waals surface area (Å²) in [7, 11) is 0. The number of ether oxygens (including phenoxy) is 2. The Labute approximate surface area is 171 Å². The van der Waals surface area contributed by atoms with E-state index < -0.39 is 0 Å². The summed E-state index contributed by atoms with van der Waals surface area (Å²) in [6, 6.07) is 11.6. The van der Waals surface area contributed by atoms with E-state index in [-0.39, 0.29) is 17.7 Å². The quantitative estimate of drug-likeness (QED) is 0.372. The lowest BCUT2D eigenvalue weighted by Crippen LogP contribution is -2.21. The van der Waals surface area contributed by atoms with Crippen LogP contribution in [0.5, 0.6) is 11.5 Å². The second-order valence-electron chi connectivity index (χ2n) is 8.62. The molecule has 2 aromatic rings. The molecule has 1 unspecified atom stereocenters. The van der Waals surface area contributed by atoms with Crippen molar-refractivity contribution in [2.24, 2.45) is 5.92 Å². The summed E-state index contributed by atoms with van der Waals surface area (Å²) < 4.78 is 11.5. The summed E-state index contributed by atoms with van der Waals surface area (Å²) >= 11 is 0. The first-order valence-corrected chi connectivity index (χ1v) is 10.2. The number of rotatable bonds is 4. The van der Waals surface area contributed by atoms with Gasteiger partial charge in [-0.15, -0.1) is 0 Å². The molecule has 1 atom stereocenters. The van der Waals surface area contributed by atoms with E-state index in [1.807, 2.05) is 12.1 Å². The van der Waals surface area contributed by atoms with Gasteiger partial charge in [0, 0.05) is 11.5 Å². The molecular formula is C25H26O4. The highest BCUT2D eigenvalue weighted by Gasteiger charge is 2.37. The number of fused-ring (bicyclic) bond motifs is 3. The third-order valence-corrected chi connectivity index (χ3v) is 5.54. The van der Waals surface area contributed by atoms with Crippen LogP contribution >= 0.6 is 0 Å². The van der Waals surface area contributed by atoms with Crippen molar-refractivity contribution in [3.63, 3.8) is 0 Å². The average Bonchev–Trinajstić information content (AvgIpc) is 2.97. The Balaban J connectivity index is 1.70. The van der Waals surface area contributed by atoms with E-state index in [9.17, 15) is 9.59 Å². The fraction of sp³-hybridized carbons (Fsp3) is 0.360. The number of benzene rings is 2. The highest BCUT2D eigenvalue weighted by atomic mass is 16.5. The summed E-state index contributed by atoms with van der Waals surface area (Å²) in [5.41, 5.74) is 3.56. The van der Waals surface area contributed by atoms with Crippen LogP contribution in [0.1, 0.15) is 79.4 Å². The van der Waals surface area contributed by atoms with Gasteiger partial charge in [0.15, 0.2) is 5.76 Å². The lowest BCUT2D eigenvalue weighted by molar-refractivity contribution is -0.136. The summed E-state index contributed by atoms with van der Waals surface area (Å²) in [5, 5.41) is 0. The van der Waals surface area contributed by atoms with Crippen molar-refractivity contribution in [1.82, 2.24) is 0 Å². The van der Waals surface area contributed by atoms with Gasteiger partial charge in [0.25, 0.3) is 0 Å². The van der Waals surface area contributed by atoms with Crippen LogP contribution in [-0.2, 0) is 4.79 Å². The van der Waals surface area contributed by atoms with Crippen molar-refractivity contribution in [2.45, 2.75) is 52.4 Å². The molecule has 0 saturated carbocycles. The van der Waals surface area contributed by atoms with Gasteiger partial charge in [0.05, 0.1) is 12.0 Å². The summed E-state index contributed by atoms with van der Waals surface area (Å²) in [6.07, 6.45) is 2.94. The molecule has 0 aliphatic carbocycles. The van der Waals surface area contributed by atoms with Crippen LogP contribution in [0.25, 0.3) is 6.08 Å². The Morgan fingerprint density at radius 1 is 1.00 bits per heavy atom. The van der Waals surface area contributed by atoms with Crippen LogP contribution in [0.3, 0.4) is 0 Å². The molecule has 2 aromatic carbocycles. The van der Waals surface area contributed by atoms with Crippen LogP contribution < -0.4 is 9.47 Å². The standard InChI is InChI=1S/C25H26O4/c1-14(2)11-18-13-22(26)28-20-10-9-19-24(27)21(29-25(19)23(18)20)12-16-5-7-17(8-6-16)15(3)4/h5-10,12,14-15,18H,11,13H2,1-4H3. The Kier molecular flexibility index (Phi) is 5.03. The van der Waals surface area contributed by atoms with Gasteiger partial charge in [0.2, 0.25) is 5.78 Å². The highest BCUT2D eigenvalue weighted by Crippen LogP contribution is 2.48. The largest absolute Gasteiger partial charge is 0.452 e. The molecule has 29 heavy (non-hydrogen) atoms. The first-order valence-electron chi connectivity index (χ1n) is 10.2. The number of hydrogen-bond acceptors (Lipinski definition) is 4. The number of Topliss-reactive ketones (excluding diaryl/α,β-unsaturated/α-hetero) is 1. The lowest BCUT2D eigenvalue weighted by atomic mass is 9.84. The Hall–Kier alpha value is -2.88. The van der Waals surface area contributed by atoms with E-state index in [1.54, 1.807) is 18.2 Å². The van der Waals surface area contributed by atoms with E-state index in [1.165, 1.54) is 5.56 Å². The van der Waals surface area contributed by atoms with Crippen molar-refractivity contribution in [1.29, 1.82) is 0 Å². The second-order valence-corrected chi connectivity index (χ2v) is 8.62. The summed E-state index contributed by atoms with van der Waals surface area (Å²) in [6.45, 7) is 8.55. The smallest absolute Gasteiger partial charge is 0.311 e. The number of carbonyl (C=O) groups is 2. The van der Waals surface area contributed by atoms with Crippen LogP contribution in [0, 0.1) is 5.92 Å². The van der Waals surface area contributed by atoms with Crippen molar-refractivity contribution < 1.29 is 19.1 Å². The molecule has 2 aliphatic heterocycles. The molecule has 0 spiro atoms. The van der Waals surface area contributed by atoms with Gasteiger partial charge < -0.3 is 9.47 Å². The van der Waals surface area contributed by atoms with Crippen molar-refractivity contribution in [3.05, 3.63) is 64.4 Å². The van der Waals surface area contributed by atoms with Gasteiger partial charge in [-0.2, -0.15) is 0 Å². The molecule has 0 N–H and O–H groups in total. The van der Waals surface area contributed by atoms with Crippen LogP contribution in [0.4, 0.5) is 0 Å². The molecule has 150 valence electrons. The zero-order chi connectivity index (χ0) is 20.7. The van der Waals surface area contributed by atoms with Gasteiger partial charge in [-0.05, 0) is 47.6 Å². The van der Waals surface area contributed by atoms with Gasteiger partial charge >= 0.3 is 5.97 Å².